The van der Waals surface area contributed by atoms with Gasteiger partial charge in [-0.05, 0) is 12.1 Å². The second-order valence-corrected chi connectivity index (χ2v) is 7.02. The predicted octanol–water partition coefficient (Wildman–Crippen LogP) is 1.31. The van der Waals surface area contributed by atoms with Crippen LogP contribution in [0.15, 0.2) is 18.2 Å². The highest BCUT2D eigenvalue weighted by atomic mass is 16.5. The molecule has 0 bridgehead atoms. The number of benzene rings is 1. The van der Waals surface area contributed by atoms with E-state index in [4.69, 9.17) is 14.5 Å². The van der Waals surface area contributed by atoms with Crippen molar-refractivity contribution in [3.8, 4) is 17.3 Å². The summed E-state index contributed by atoms with van der Waals surface area (Å²) in [6, 6.07) is 6.00. The van der Waals surface area contributed by atoms with Crippen molar-refractivity contribution < 1.29 is 9.47 Å². The van der Waals surface area contributed by atoms with Crippen LogP contribution in [-0.4, -0.2) is 71.1 Å². The van der Waals surface area contributed by atoms with Crippen molar-refractivity contribution in [2.24, 2.45) is 0 Å². The monoisotopic (exact) mass is 368 g/mol. The van der Waals surface area contributed by atoms with Gasteiger partial charge in [0.2, 0.25) is 0 Å². The minimum Gasteiger partial charge on any atom is -0.492 e. The van der Waals surface area contributed by atoms with Crippen LogP contribution in [0.25, 0.3) is 22.6 Å². The maximum atomic E-state index is 5.94. The summed E-state index contributed by atoms with van der Waals surface area (Å²) in [5, 5.41) is 11.0. The molecule has 0 amide bonds. The molecule has 3 aromatic rings. The maximum absolute atomic E-state index is 5.94. The van der Waals surface area contributed by atoms with Crippen LogP contribution in [0.3, 0.4) is 0 Å². The normalized spacial score (nSPS) is 17.9. The van der Waals surface area contributed by atoms with E-state index in [2.05, 4.69) is 25.4 Å². The number of rotatable bonds is 5. The molecule has 2 aliphatic heterocycles. The van der Waals surface area contributed by atoms with Crippen LogP contribution in [0.4, 0.5) is 0 Å². The molecule has 4 heterocycles. The highest BCUT2D eigenvalue weighted by molar-refractivity contribution is 5.80. The lowest BCUT2D eigenvalue weighted by Gasteiger charge is -2.26. The first-order chi connectivity index (χ1) is 13.4. The second-order valence-electron chi connectivity index (χ2n) is 7.02. The van der Waals surface area contributed by atoms with Crippen LogP contribution in [0.1, 0.15) is 11.3 Å². The number of hydrogen-bond donors (Lipinski definition) is 3. The van der Waals surface area contributed by atoms with Crippen molar-refractivity contribution in [1.82, 2.24) is 30.4 Å². The number of ether oxygens (including phenoxy) is 2. The average Bonchev–Trinajstić information content (AvgIpc) is 3.32. The lowest BCUT2D eigenvalue weighted by atomic mass is 10.1. The van der Waals surface area contributed by atoms with E-state index in [1.165, 1.54) is 11.3 Å². The summed E-state index contributed by atoms with van der Waals surface area (Å²) >= 11 is 0. The molecule has 8 heteroatoms. The van der Waals surface area contributed by atoms with Gasteiger partial charge >= 0.3 is 0 Å². The van der Waals surface area contributed by atoms with Crippen LogP contribution in [-0.2, 0) is 17.7 Å². The molecule has 2 aliphatic rings. The molecule has 0 aliphatic carbocycles. The quantitative estimate of drug-likeness (QED) is 0.629. The van der Waals surface area contributed by atoms with E-state index >= 15 is 0 Å². The fourth-order valence-electron chi connectivity index (χ4n) is 3.73. The molecule has 142 valence electrons. The Morgan fingerprint density at radius 1 is 1.22 bits per heavy atom. The molecule has 3 N–H and O–H groups in total. The van der Waals surface area contributed by atoms with Gasteiger partial charge in [-0.15, -0.1) is 0 Å². The van der Waals surface area contributed by atoms with Gasteiger partial charge in [-0.25, -0.2) is 4.98 Å². The topological polar surface area (TPSA) is 91.1 Å². The van der Waals surface area contributed by atoms with E-state index in [9.17, 15) is 0 Å². The molecule has 27 heavy (non-hydrogen) atoms. The van der Waals surface area contributed by atoms with Crippen molar-refractivity contribution in [3.63, 3.8) is 0 Å². The molecule has 8 nitrogen and oxygen atoms in total. The summed E-state index contributed by atoms with van der Waals surface area (Å²) in [5.41, 5.74) is 5.21. The zero-order valence-corrected chi connectivity index (χ0v) is 15.3. The number of morpholine rings is 1. The zero-order valence-electron chi connectivity index (χ0n) is 15.3. The molecular weight excluding hydrogens is 344 g/mol. The van der Waals surface area contributed by atoms with Crippen molar-refractivity contribution in [3.05, 3.63) is 29.5 Å². The van der Waals surface area contributed by atoms with Gasteiger partial charge in [0.15, 0.2) is 5.82 Å². The fourth-order valence-corrected chi connectivity index (χ4v) is 3.73. The van der Waals surface area contributed by atoms with Crippen LogP contribution >= 0.6 is 0 Å². The van der Waals surface area contributed by atoms with Gasteiger partial charge in [0.1, 0.15) is 18.1 Å². The summed E-state index contributed by atoms with van der Waals surface area (Å²) in [5.74, 6) is 1.65. The van der Waals surface area contributed by atoms with E-state index in [-0.39, 0.29) is 0 Å². The number of imidazole rings is 1. The van der Waals surface area contributed by atoms with E-state index < -0.39 is 0 Å². The van der Waals surface area contributed by atoms with Gasteiger partial charge in [-0.1, -0.05) is 0 Å². The van der Waals surface area contributed by atoms with Crippen LogP contribution in [0.2, 0.25) is 0 Å². The van der Waals surface area contributed by atoms with E-state index in [0.29, 0.717) is 6.61 Å². The fraction of sp³-hybridized carbons (Fsp3) is 0.474. The maximum Gasteiger partial charge on any atom is 0.159 e. The molecule has 0 saturated carbocycles. The van der Waals surface area contributed by atoms with Crippen LogP contribution < -0.4 is 10.1 Å². The molecule has 5 rings (SSSR count). The summed E-state index contributed by atoms with van der Waals surface area (Å²) in [6.07, 6.45) is 0.976. The molecule has 0 spiro atoms. The van der Waals surface area contributed by atoms with E-state index in [1.54, 1.807) is 0 Å². The van der Waals surface area contributed by atoms with E-state index in [1.807, 2.05) is 18.2 Å². The number of aromatic amines is 2. The first kappa shape index (κ1) is 16.7. The second kappa shape index (κ2) is 7.30. The summed E-state index contributed by atoms with van der Waals surface area (Å²) in [4.78, 5) is 10.5. The van der Waals surface area contributed by atoms with Gasteiger partial charge in [0.25, 0.3) is 0 Å². The molecule has 1 saturated heterocycles. The van der Waals surface area contributed by atoms with Gasteiger partial charge in [0, 0.05) is 56.5 Å². The number of nitrogens with one attached hydrogen (secondary N) is 3. The Labute approximate surface area is 157 Å². The third-order valence-electron chi connectivity index (χ3n) is 5.27. The Balaban J connectivity index is 1.30. The zero-order chi connectivity index (χ0) is 18.1. The lowest BCUT2D eigenvalue weighted by molar-refractivity contribution is 0.0322. The molecule has 0 radical (unpaired) electrons. The largest absolute Gasteiger partial charge is 0.492 e. The summed E-state index contributed by atoms with van der Waals surface area (Å²) in [6.45, 7) is 6.99. The van der Waals surface area contributed by atoms with E-state index in [0.717, 1.165) is 80.7 Å². The van der Waals surface area contributed by atoms with Crippen LogP contribution in [0, 0.1) is 0 Å². The third-order valence-corrected chi connectivity index (χ3v) is 5.27. The Hall–Kier alpha value is -2.42. The Morgan fingerprint density at radius 2 is 2.15 bits per heavy atom. The standard InChI is InChI=1S/C19H24N6O2/c1-2-16-17(11-13(1)27-10-7-25-5-8-26-9-6-25)22-19(21-16)18-14-12-20-4-3-15(14)23-24-18/h1-2,11,20H,3-10,12H2,(H,21,22)(H,23,24). The molecule has 0 atom stereocenters. The van der Waals surface area contributed by atoms with Crippen LogP contribution in [0.5, 0.6) is 5.75 Å². The minimum absolute atomic E-state index is 0.668. The smallest absolute Gasteiger partial charge is 0.159 e. The van der Waals surface area contributed by atoms with Gasteiger partial charge in [0.05, 0.1) is 24.2 Å². The average molecular weight is 368 g/mol. The summed E-state index contributed by atoms with van der Waals surface area (Å²) in [7, 11) is 0. The number of hydrogen-bond acceptors (Lipinski definition) is 6. The Bertz CT molecular complexity index is 928. The van der Waals surface area contributed by atoms with Gasteiger partial charge in [-0.3, -0.25) is 10.00 Å². The molecule has 0 unspecified atom stereocenters. The lowest BCUT2D eigenvalue weighted by Crippen LogP contribution is -2.38. The predicted molar refractivity (Wildman–Crippen MR) is 102 cm³/mol. The number of nitrogens with zero attached hydrogens (tertiary/aromatic N) is 3. The molecule has 1 fully saturated rings. The van der Waals surface area contributed by atoms with Crippen molar-refractivity contribution in [2.75, 3.05) is 46.0 Å². The van der Waals surface area contributed by atoms with Crippen molar-refractivity contribution in [2.45, 2.75) is 13.0 Å². The number of H-pyrrole nitrogens is 2. The molecular formula is C19H24N6O2. The first-order valence-electron chi connectivity index (χ1n) is 9.57. The Kier molecular flexibility index (Phi) is 4.52. The number of aromatic nitrogens is 4. The molecule has 1 aromatic carbocycles. The Morgan fingerprint density at radius 3 is 3.07 bits per heavy atom. The van der Waals surface area contributed by atoms with Crippen molar-refractivity contribution in [1.29, 1.82) is 0 Å². The molecule has 2 aromatic heterocycles. The highest BCUT2D eigenvalue weighted by Gasteiger charge is 2.20. The SMILES string of the molecule is c1cc2[nH]c(-c3n[nH]c4c3CNCC4)nc2cc1OCCN1CCOCC1. The number of fused-ring (bicyclic) bond motifs is 2. The third kappa shape index (κ3) is 3.43. The summed E-state index contributed by atoms with van der Waals surface area (Å²) < 4.78 is 11.3. The highest BCUT2D eigenvalue weighted by Crippen LogP contribution is 2.27. The minimum atomic E-state index is 0.668. The first-order valence-corrected chi connectivity index (χ1v) is 9.57. The van der Waals surface area contributed by atoms with Crippen molar-refractivity contribution >= 4 is 11.0 Å². The van der Waals surface area contributed by atoms with Gasteiger partial charge < -0.3 is 19.8 Å². The van der Waals surface area contributed by atoms with Gasteiger partial charge in [-0.2, -0.15) is 5.10 Å².